The second-order valence-electron chi connectivity index (χ2n) is 6.44. The molecular formula is C20H21N5O4. The van der Waals surface area contributed by atoms with Gasteiger partial charge in [0.05, 0.1) is 5.69 Å². The molecule has 3 aromatic rings. The highest BCUT2D eigenvalue weighted by Crippen LogP contribution is 2.24. The number of amides is 3. The van der Waals surface area contributed by atoms with Crippen molar-refractivity contribution in [3.8, 4) is 11.5 Å². The molecule has 9 heteroatoms. The van der Waals surface area contributed by atoms with Crippen molar-refractivity contribution in [2.24, 2.45) is 0 Å². The van der Waals surface area contributed by atoms with E-state index in [2.05, 4.69) is 26.1 Å². The lowest BCUT2D eigenvalue weighted by molar-refractivity contribution is 0.0958. The monoisotopic (exact) mass is 395 g/mol. The SMILES string of the molecule is CNC(=O)c1cc(Oc2cccc(NC(=O)Nc3cc(C(C)C)no3)c2)ccn1. The molecule has 3 rings (SSSR count). The van der Waals surface area contributed by atoms with E-state index in [-0.39, 0.29) is 23.4 Å². The Morgan fingerprint density at radius 2 is 1.86 bits per heavy atom. The summed E-state index contributed by atoms with van der Waals surface area (Å²) in [5.74, 6) is 1.08. The molecule has 0 radical (unpaired) electrons. The first kappa shape index (κ1) is 19.9. The zero-order valence-electron chi connectivity index (χ0n) is 16.2. The standard InChI is InChI=1S/C20H21N5O4/c1-12(2)16-11-18(29-25-16)24-20(27)23-13-5-4-6-14(9-13)28-15-7-8-22-17(10-15)19(26)21-3/h4-12H,1-3H3,(H,21,26)(H2,23,24,27). The third kappa shape index (κ3) is 5.32. The van der Waals surface area contributed by atoms with E-state index in [1.807, 2.05) is 13.8 Å². The lowest BCUT2D eigenvalue weighted by atomic mass is 10.1. The highest BCUT2D eigenvalue weighted by atomic mass is 16.5. The molecule has 0 atom stereocenters. The smallest absolute Gasteiger partial charge is 0.326 e. The van der Waals surface area contributed by atoms with Gasteiger partial charge in [-0.15, -0.1) is 0 Å². The number of ether oxygens (including phenoxy) is 1. The van der Waals surface area contributed by atoms with Gasteiger partial charge in [-0.25, -0.2) is 4.79 Å². The Labute approximate surface area is 167 Å². The molecule has 2 aromatic heterocycles. The molecule has 0 aliphatic rings. The molecule has 3 N–H and O–H groups in total. The molecule has 29 heavy (non-hydrogen) atoms. The van der Waals surface area contributed by atoms with Gasteiger partial charge in [0, 0.05) is 37.1 Å². The lowest BCUT2D eigenvalue weighted by Crippen LogP contribution is -2.19. The number of rotatable bonds is 6. The van der Waals surface area contributed by atoms with Gasteiger partial charge >= 0.3 is 6.03 Å². The van der Waals surface area contributed by atoms with Gasteiger partial charge in [-0.2, -0.15) is 0 Å². The highest BCUT2D eigenvalue weighted by molar-refractivity contribution is 5.99. The van der Waals surface area contributed by atoms with Crippen molar-refractivity contribution in [2.75, 3.05) is 17.7 Å². The maximum atomic E-state index is 12.2. The number of pyridine rings is 1. The van der Waals surface area contributed by atoms with Crippen molar-refractivity contribution >= 4 is 23.5 Å². The van der Waals surface area contributed by atoms with Crippen LogP contribution < -0.4 is 20.7 Å². The maximum absolute atomic E-state index is 12.2. The number of nitrogens with zero attached hydrogens (tertiary/aromatic N) is 2. The van der Waals surface area contributed by atoms with Gasteiger partial charge in [-0.05, 0) is 24.1 Å². The van der Waals surface area contributed by atoms with E-state index >= 15 is 0 Å². The van der Waals surface area contributed by atoms with Crippen LogP contribution in [0.5, 0.6) is 11.5 Å². The number of aromatic nitrogens is 2. The zero-order valence-corrected chi connectivity index (χ0v) is 16.2. The summed E-state index contributed by atoms with van der Waals surface area (Å²) < 4.78 is 10.9. The fourth-order valence-corrected chi connectivity index (χ4v) is 2.39. The molecule has 0 unspecified atom stereocenters. The van der Waals surface area contributed by atoms with Gasteiger partial charge in [0.1, 0.15) is 17.2 Å². The topological polar surface area (TPSA) is 118 Å². The zero-order chi connectivity index (χ0) is 20.8. The van der Waals surface area contributed by atoms with E-state index in [1.54, 1.807) is 36.4 Å². The summed E-state index contributed by atoms with van der Waals surface area (Å²) in [6, 6.07) is 11.2. The lowest BCUT2D eigenvalue weighted by Gasteiger charge is -2.09. The highest BCUT2D eigenvalue weighted by Gasteiger charge is 2.11. The number of benzene rings is 1. The van der Waals surface area contributed by atoms with Crippen LogP contribution in [-0.2, 0) is 0 Å². The molecule has 0 fully saturated rings. The summed E-state index contributed by atoms with van der Waals surface area (Å²) in [6.07, 6.45) is 1.48. The first-order chi connectivity index (χ1) is 13.9. The van der Waals surface area contributed by atoms with Crippen LogP contribution in [-0.4, -0.2) is 29.1 Å². The van der Waals surface area contributed by atoms with Crippen LogP contribution in [0, 0.1) is 0 Å². The summed E-state index contributed by atoms with van der Waals surface area (Å²) in [6.45, 7) is 3.96. The van der Waals surface area contributed by atoms with Crippen molar-refractivity contribution in [3.63, 3.8) is 0 Å². The number of hydrogen-bond donors (Lipinski definition) is 3. The van der Waals surface area contributed by atoms with Gasteiger partial charge in [0.25, 0.3) is 5.91 Å². The van der Waals surface area contributed by atoms with Crippen LogP contribution in [0.3, 0.4) is 0 Å². The number of urea groups is 1. The summed E-state index contributed by atoms with van der Waals surface area (Å²) in [5.41, 5.74) is 1.51. The molecule has 150 valence electrons. The van der Waals surface area contributed by atoms with Crippen LogP contribution in [0.15, 0.2) is 53.2 Å². The number of anilines is 2. The molecule has 1 aromatic carbocycles. The van der Waals surface area contributed by atoms with Crippen molar-refractivity contribution in [3.05, 3.63) is 60.0 Å². The van der Waals surface area contributed by atoms with E-state index in [0.717, 1.165) is 5.69 Å². The molecule has 0 spiro atoms. The fourth-order valence-electron chi connectivity index (χ4n) is 2.39. The van der Waals surface area contributed by atoms with Crippen LogP contribution in [0.1, 0.15) is 35.9 Å². The van der Waals surface area contributed by atoms with Crippen molar-refractivity contribution in [2.45, 2.75) is 19.8 Å². The molecule has 0 saturated heterocycles. The molecule has 0 bridgehead atoms. The summed E-state index contributed by atoms with van der Waals surface area (Å²) in [7, 11) is 1.53. The Morgan fingerprint density at radius 1 is 1.07 bits per heavy atom. The van der Waals surface area contributed by atoms with Crippen LogP contribution in [0.4, 0.5) is 16.4 Å². The van der Waals surface area contributed by atoms with E-state index in [9.17, 15) is 9.59 Å². The number of hydrogen-bond acceptors (Lipinski definition) is 6. The summed E-state index contributed by atoms with van der Waals surface area (Å²) in [5, 5.41) is 11.7. The Morgan fingerprint density at radius 3 is 2.59 bits per heavy atom. The Hall–Kier alpha value is -3.88. The number of nitrogens with one attached hydrogen (secondary N) is 3. The van der Waals surface area contributed by atoms with Crippen molar-refractivity contribution < 1.29 is 18.8 Å². The van der Waals surface area contributed by atoms with Gasteiger partial charge in [0.15, 0.2) is 0 Å². The Balaban J connectivity index is 1.64. The largest absolute Gasteiger partial charge is 0.457 e. The van der Waals surface area contributed by atoms with Crippen LogP contribution in [0.2, 0.25) is 0 Å². The van der Waals surface area contributed by atoms with E-state index in [0.29, 0.717) is 17.2 Å². The normalized spacial score (nSPS) is 10.5. The predicted molar refractivity (Wildman–Crippen MR) is 107 cm³/mol. The first-order valence-electron chi connectivity index (χ1n) is 8.95. The average molecular weight is 395 g/mol. The third-order valence-electron chi connectivity index (χ3n) is 3.88. The van der Waals surface area contributed by atoms with Gasteiger partial charge in [-0.1, -0.05) is 25.1 Å². The second-order valence-corrected chi connectivity index (χ2v) is 6.44. The predicted octanol–water partition coefficient (Wildman–Crippen LogP) is 3.99. The van der Waals surface area contributed by atoms with Crippen LogP contribution in [0.25, 0.3) is 0 Å². The Bertz CT molecular complexity index is 1020. The minimum atomic E-state index is -0.473. The minimum absolute atomic E-state index is 0.197. The first-order valence-corrected chi connectivity index (χ1v) is 8.95. The third-order valence-corrected chi connectivity index (χ3v) is 3.88. The van der Waals surface area contributed by atoms with E-state index in [1.165, 1.54) is 19.3 Å². The summed E-state index contributed by atoms with van der Waals surface area (Å²) in [4.78, 5) is 27.9. The number of carbonyl (C=O) groups is 2. The molecular weight excluding hydrogens is 374 g/mol. The molecule has 0 saturated carbocycles. The molecule has 2 heterocycles. The quantitative estimate of drug-likeness (QED) is 0.581. The molecule has 3 amide bonds. The Kier molecular flexibility index (Phi) is 6.08. The van der Waals surface area contributed by atoms with Crippen molar-refractivity contribution in [1.29, 1.82) is 0 Å². The second kappa shape index (κ2) is 8.87. The average Bonchev–Trinajstić information content (AvgIpc) is 3.16. The molecule has 0 aliphatic heterocycles. The van der Waals surface area contributed by atoms with Gasteiger partial charge in [0.2, 0.25) is 5.88 Å². The molecule has 0 aliphatic carbocycles. The molecule has 9 nitrogen and oxygen atoms in total. The maximum Gasteiger partial charge on any atom is 0.326 e. The van der Waals surface area contributed by atoms with Gasteiger partial charge < -0.3 is 19.9 Å². The number of carbonyl (C=O) groups excluding carboxylic acids is 2. The minimum Gasteiger partial charge on any atom is -0.457 e. The van der Waals surface area contributed by atoms with Crippen molar-refractivity contribution in [1.82, 2.24) is 15.5 Å². The fraction of sp³-hybridized carbons (Fsp3) is 0.200. The van der Waals surface area contributed by atoms with E-state index in [4.69, 9.17) is 9.26 Å². The van der Waals surface area contributed by atoms with E-state index < -0.39 is 6.03 Å². The summed E-state index contributed by atoms with van der Waals surface area (Å²) >= 11 is 0. The van der Waals surface area contributed by atoms with Crippen LogP contribution >= 0.6 is 0 Å². The van der Waals surface area contributed by atoms with Gasteiger partial charge in [-0.3, -0.25) is 15.1 Å².